The average Bonchev–Trinajstić information content (AvgIpc) is 3.04. The van der Waals surface area contributed by atoms with Crippen molar-refractivity contribution in [3.8, 4) is 0 Å². The number of alkyl halides is 5. The fourth-order valence-electron chi connectivity index (χ4n) is 3.47. The molecule has 3 N–H and O–H groups in total. The summed E-state index contributed by atoms with van der Waals surface area (Å²) in [6.45, 7) is -0.149. The fourth-order valence-corrected chi connectivity index (χ4v) is 3.96. The molecule has 0 unspecified atom stereocenters. The first kappa shape index (κ1) is 26.1. The molecule has 3 aromatic rings. The van der Waals surface area contributed by atoms with Gasteiger partial charge < -0.3 is 16.0 Å². The molecule has 37 heavy (non-hydrogen) atoms. The third kappa shape index (κ3) is 5.40. The van der Waals surface area contributed by atoms with E-state index < -0.39 is 45.0 Å². The van der Waals surface area contributed by atoms with Gasteiger partial charge in [0, 0.05) is 25.5 Å². The number of benzene rings is 2. The van der Waals surface area contributed by atoms with Gasteiger partial charge in [-0.1, -0.05) is 12.1 Å². The maximum absolute atomic E-state index is 14.1. The van der Waals surface area contributed by atoms with E-state index in [9.17, 15) is 35.2 Å². The number of sulfonamides is 1. The Labute approximate surface area is 207 Å². The van der Waals surface area contributed by atoms with E-state index >= 15 is 0 Å². The number of nitrogens with zero attached hydrogens (tertiary/aromatic N) is 3. The van der Waals surface area contributed by atoms with E-state index in [1.54, 1.807) is 12.1 Å². The van der Waals surface area contributed by atoms with E-state index in [-0.39, 0.29) is 23.9 Å². The Morgan fingerprint density at radius 3 is 2.54 bits per heavy atom. The fraction of sp³-hybridized carbons (Fsp3) is 0.227. The SMILES string of the molecule is CN(c1cccc(CNc2nc(Nc3ccc4c(c3)C(F)(F)C(=O)N4)ncc2C(F)(F)F)c1)S(C)(=O)=O. The van der Waals surface area contributed by atoms with Crippen LogP contribution in [0.4, 0.5) is 50.8 Å². The minimum absolute atomic E-state index is 0.0251. The molecule has 0 saturated carbocycles. The molecule has 2 heterocycles. The van der Waals surface area contributed by atoms with Gasteiger partial charge in [0.25, 0.3) is 5.91 Å². The zero-order valence-electron chi connectivity index (χ0n) is 19.2. The number of fused-ring (bicyclic) bond motifs is 1. The molecule has 0 fully saturated rings. The number of hydrogen-bond donors (Lipinski definition) is 3. The molecule has 0 bridgehead atoms. The predicted molar refractivity (Wildman–Crippen MR) is 126 cm³/mol. The lowest BCUT2D eigenvalue weighted by molar-refractivity contribution is -0.139. The summed E-state index contributed by atoms with van der Waals surface area (Å²) in [6, 6.07) is 9.68. The van der Waals surface area contributed by atoms with Crippen LogP contribution in [0.25, 0.3) is 0 Å². The Morgan fingerprint density at radius 2 is 1.86 bits per heavy atom. The molecule has 15 heteroatoms. The molecule has 0 radical (unpaired) electrons. The Kier molecular flexibility index (Phi) is 6.44. The third-order valence-electron chi connectivity index (χ3n) is 5.47. The summed E-state index contributed by atoms with van der Waals surface area (Å²) in [5.41, 5.74) is -1.04. The Bertz CT molecular complexity index is 1480. The number of amides is 1. The van der Waals surface area contributed by atoms with Crippen LogP contribution in [-0.2, 0) is 33.5 Å². The van der Waals surface area contributed by atoms with Crippen molar-refractivity contribution in [3.05, 3.63) is 65.4 Å². The summed E-state index contributed by atoms with van der Waals surface area (Å²) in [6.07, 6.45) is -3.25. The first-order valence-corrected chi connectivity index (χ1v) is 12.3. The highest BCUT2D eigenvalue weighted by atomic mass is 32.2. The smallest absolute Gasteiger partial charge is 0.365 e. The van der Waals surface area contributed by atoms with Gasteiger partial charge in [0.1, 0.15) is 11.4 Å². The second-order valence-electron chi connectivity index (χ2n) is 8.12. The summed E-state index contributed by atoms with van der Waals surface area (Å²) < 4.78 is 93.4. The normalized spacial score (nSPS) is 14.6. The number of hydrogen-bond acceptors (Lipinski definition) is 7. The topological polar surface area (TPSA) is 116 Å². The zero-order chi connectivity index (χ0) is 27.2. The van der Waals surface area contributed by atoms with Crippen LogP contribution in [-0.4, -0.2) is 37.6 Å². The number of carbonyl (C=O) groups excluding carboxylic acids is 1. The van der Waals surface area contributed by atoms with E-state index in [1.165, 1.54) is 31.3 Å². The van der Waals surface area contributed by atoms with E-state index in [1.807, 2.05) is 5.32 Å². The molecule has 1 aromatic heterocycles. The highest BCUT2D eigenvalue weighted by Gasteiger charge is 2.48. The quantitative estimate of drug-likeness (QED) is 0.382. The van der Waals surface area contributed by atoms with E-state index in [2.05, 4.69) is 20.6 Å². The van der Waals surface area contributed by atoms with Crippen molar-refractivity contribution in [3.63, 3.8) is 0 Å². The molecule has 196 valence electrons. The van der Waals surface area contributed by atoms with Crippen molar-refractivity contribution in [1.82, 2.24) is 9.97 Å². The van der Waals surface area contributed by atoms with Crippen molar-refractivity contribution in [2.24, 2.45) is 0 Å². The van der Waals surface area contributed by atoms with Gasteiger partial charge in [-0.3, -0.25) is 9.10 Å². The molecule has 9 nitrogen and oxygen atoms in total. The number of anilines is 5. The van der Waals surface area contributed by atoms with Crippen molar-refractivity contribution >= 4 is 44.8 Å². The average molecular weight is 542 g/mol. The molecule has 2 aromatic carbocycles. The predicted octanol–water partition coefficient (Wildman–Crippen LogP) is 4.29. The number of rotatable bonds is 7. The number of halogens is 5. The van der Waals surface area contributed by atoms with E-state index in [4.69, 9.17) is 0 Å². The van der Waals surface area contributed by atoms with Gasteiger partial charge in [-0.2, -0.15) is 26.9 Å². The van der Waals surface area contributed by atoms with E-state index in [0.717, 1.165) is 16.6 Å². The van der Waals surface area contributed by atoms with Crippen LogP contribution < -0.4 is 20.3 Å². The van der Waals surface area contributed by atoms with E-state index in [0.29, 0.717) is 17.4 Å². The maximum atomic E-state index is 14.1. The van der Waals surface area contributed by atoms with Crippen LogP contribution in [0.5, 0.6) is 0 Å². The molecule has 0 aliphatic carbocycles. The first-order valence-electron chi connectivity index (χ1n) is 10.5. The van der Waals surface area contributed by atoms with Gasteiger partial charge in [-0.05, 0) is 35.9 Å². The molecule has 0 saturated heterocycles. The van der Waals surface area contributed by atoms with Crippen LogP contribution in [0.1, 0.15) is 16.7 Å². The van der Waals surface area contributed by atoms with Crippen LogP contribution in [0.2, 0.25) is 0 Å². The highest BCUT2D eigenvalue weighted by molar-refractivity contribution is 7.92. The summed E-state index contributed by atoms with van der Waals surface area (Å²) in [5.74, 6) is -6.15. The Hall–Kier alpha value is -4.01. The summed E-state index contributed by atoms with van der Waals surface area (Å²) in [5, 5.41) is 7.19. The van der Waals surface area contributed by atoms with Crippen LogP contribution in [0, 0.1) is 0 Å². The largest absolute Gasteiger partial charge is 0.421 e. The Balaban J connectivity index is 1.59. The van der Waals surface area contributed by atoms with Gasteiger partial charge in [0.05, 0.1) is 23.2 Å². The highest BCUT2D eigenvalue weighted by Crippen LogP contribution is 2.42. The lowest BCUT2D eigenvalue weighted by Gasteiger charge is -2.18. The molecule has 1 aliphatic rings. The number of nitrogens with one attached hydrogen (secondary N) is 3. The van der Waals surface area contributed by atoms with Crippen molar-refractivity contribution in [2.75, 3.05) is 33.6 Å². The monoisotopic (exact) mass is 542 g/mol. The van der Waals surface area contributed by atoms with Gasteiger partial charge >= 0.3 is 12.1 Å². The lowest BCUT2D eigenvalue weighted by atomic mass is 10.1. The van der Waals surface area contributed by atoms with Crippen molar-refractivity contribution in [2.45, 2.75) is 18.6 Å². The number of carbonyl (C=O) groups is 1. The molecule has 0 atom stereocenters. The lowest BCUT2D eigenvalue weighted by Crippen LogP contribution is -2.24. The van der Waals surface area contributed by atoms with Crippen LogP contribution >= 0.6 is 0 Å². The van der Waals surface area contributed by atoms with Crippen molar-refractivity contribution < 1.29 is 35.2 Å². The molecular weight excluding hydrogens is 523 g/mol. The number of aromatic nitrogens is 2. The van der Waals surface area contributed by atoms with Gasteiger partial charge in [0.15, 0.2) is 0 Å². The molecule has 1 aliphatic heterocycles. The first-order chi connectivity index (χ1) is 17.2. The molecule has 1 amide bonds. The molecule has 4 rings (SSSR count). The Morgan fingerprint density at radius 1 is 1.14 bits per heavy atom. The van der Waals surface area contributed by atoms with Crippen LogP contribution in [0.3, 0.4) is 0 Å². The summed E-state index contributed by atoms with van der Waals surface area (Å²) >= 11 is 0. The zero-order valence-corrected chi connectivity index (χ0v) is 20.0. The summed E-state index contributed by atoms with van der Waals surface area (Å²) in [7, 11) is -2.21. The van der Waals surface area contributed by atoms with Crippen LogP contribution in [0.15, 0.2) is 48.7 Å². The van der Waals surface area contributed by atoms with Crippen molar-refractivity contribution in [1.29, 1.82) is 0 Å². The van der Waals surface area contributed by atoms with Gasteiger partial charge in [-0.25, -0.2) is 13.4 Å². The second kappa shape index (κ2) is 9.14. The second-order valence-corrected chi connectivity index (χ2v) is 10.1. The molecular formula is C22H19F5N6O3S. The molecule has 0 spiro atoms. The minimum atomic E-state index is -4.80. The third-order valence-corrected chi connectivity index (χ3v) is 6.68. The minimum Gasteiger partial charge on any atom is -0.365 e. The van der Waals surface area contributed by atoms with Gasteiger partial charge in [0.2, 0.25) is 16.0 Å². The summed E-state index contributed by atoms with van der Waals surface area (Å²) in [4.78, 5) is 18.9. The van der Waals surface area contributed by atoms with Gasteiger partial charge in [-0.15, -0.1) is 0 Å². The maximum Gasteiger partial charge on any atom is 0.421 e. The standard InChI is InChI=1S/C22H19F5N6O3S/c1-33(37(2,35)36)14-5-3-4-12(8-14)10-28-18-16(22(25,26)27)11-29-20(32-18)30-13-6-7-17-15(9-13)21(23,24)19(34)31-17/h3-9,11H,10H2,1-2H3,(H,31,34)(H2,28,29,30,32).